The van der Waals surface area contributed by atoms with Crippen LogP contribution >= 0.6 is 0 Å². The smallest absolute Gasteiger partial charge is 0.130 e. The largest absolute Gasteiger partial charge is 0.242 e. The molecule has 4 aromatic rings. The van der Waals surface area contributed by atoms with E-state index in [9.17, 15) is 4.39 Å². The van der Waals surface area contributed by atoms with Gasteiger partial charge >= 0.3 is 0 Å². The van der Waals surface area contributed by atoms with E-state index in [0.29, 0.717) is 12.3 Å². The number of halogens is 2. The van der Waals surface area contributed by atoms with E-state index in [1.165, 1.54) is 22.3 Å². The lowest BCUT2D eigenvalue weighted by molar-refractivity contribution is 0.337. The molecule has 3 unspecified atom stereocenters. The number of rotatable bonds is 2. The summed E-state index contributed by atoms with van der Waals surface area (Å²) in [7, 11) is 0. The van der Waals surface area contributed by atoms with Crippen molar-refractivity contribution in [1.82, 2.24) is 0 Å². The van der Waals surface area contributed by atoms with Gasteiger partial charge in [-0.25, -0.2) is 8.78 Å². The summed E-state index contributed by atoms with van der Waals surface area (Å²) in [4.78, 5) is 0. The van der Waals surface area contributed by atoms with E-state index in [2.05, 4.69) is 50.2 Å². The van der Waals surface area contributed by atoms with Crippen LogP contribution in [0.5, 0.6) is 0 Å². The summed E-state index contributed by atoms with van der Waals surface area (Å²) >= 11 is 0. The lowest BCUT2D eigenvalue weighted by Gasteiger charge is -2.45. The quantitative estimate of drug-likeness (QED) is 0.287. The van der Waals surface area contributed by atoms with Crippen molar-refractivity contribution in [2.24, 2.45) is 0 Å². The van der Waals surface area contributed by atoms with Crippen LogP contribution < -0.4 is 0 Å². The second kappa shape index (κ2) is 7.91. The van der Waals surface area contributed by atoms with Crippen molar-refractivity contribution in [2.75, 3.05) is 0 Å². The molecule has 3 atom stereocenters. The summed E-state index contributed by atoms with van der Waals surface area (Å²) in [6.45, 7) is 4.43. The normalized spacial score (nSPS) is 23.1. The van der Waals surface area contributed by atoms with Crippen LogP contribution in [-0.4, -0.2) is 0 Å². The minimum Gasteiger partial charge on any atom is -0.242 e. The Morgan fingerprint density at radius 3 is 2.32 bits per heavy atom. The van der Waals surface area contributed by atoms with Crippen molar-refractivity contribution in [3.63, 3.8) is 0 Å². The van der Waals surface area contributed by atoms with Crippen LogP contribution in [0.2, 0.25) is 0 Å². The fraction of sp³-hybridized carbons (Fsp3) is 0.250. The van der Waals surface area contributed by atoms with Gasteiger partial charge in [0.1, 0.15) is 12.0 Å². The van der Waals surface area contributed by atoms with Gasteiger partial charge in [0.05, 0.1) is 0 Å². The SMILES string of the molecule is Cc1ccccc1C1(c2ccc(F)cc2)CCC(C)c2c1ccc1c2CC(F)c2ccccc2-1. The van der Waals surface area contributed by atoms with Crippen LogP contribution in [0.4, 0.5) is 8.78 Å². The maximum absolute atomic E-state index is 15.5. The lowest BCUT2D eigenvalue weighted by atomic mass is 9.58. The van der Waals surface area contributed by atoms with Crippen LogP contribution in [0.3, 0.4) is 0 Å². The van der Waals surface area contributed by atoms with Crippen LogP contribution in [0.15, 0.2) is 84.9 Å². The molecule has 34 heavy (non-hydrogen) atoms. The van der Waals surface area contributed by atoms with Gasteiger partial charge in [-0.05, 0) is 87.9 Å². The Bertz CT molecular complexity index is 1380. The molecular formula is C32H28F2. The van der Waals surface area contributed by atoms with Gasteiger partial charge in [0.2, 0.25) is 0 Å². The highest BCUT2D eigenvalue weighted by atomic mass is 19.1. The molecule has 2 aliphatic carbocycles. The number of hydrogen-bond donors (Lipinski definition) is 0. The Morgan fingerprint density at radius 1 is 0.794 bits per heavy atom. The molecule has 2 heteroatoms. The zero-order valence-electron chi connectivity index (χ0n) is 19.6. The van der Waals surface area contributed by atoms with Gasteiger partial charge in [0.15, 0.2) is 0 Å². The predicted octanol–water partition coefficient (Wildman–Crippen LogP) is 8.60. The average Bonchev–Trinajstić information content (AvgIpc) is 2.86. The van der Waals surface area contributed by atoms with E-state index in [1.807, 2.05) is 36.4 Å². The number of alkyl halides is 1. The van der Waals surface area contributed by atoms with Crippen molar-refractivity contribution >= 4 is 0 Å². The van der Waals surface area contributed by atoms with Gasteiger partial charge in [0.25, 0.3) is 0 Å². The molecule has 0 aromatic heterocycles. The van der Waals surface area contributed by atoms with Crippen LogP contribution in [-0.2, 0) is 11.8 Å². The predicted molar refractivity (Wildman–Crippen MR) is 135 cm³/mol. The number of hydrogen-bond acceptors (Lipinski definition) is 0. The minimum absolute atomic E-state index is 0.226. The molecule has 0 heterocycles. The Morgan fingerprint density at radius 2 is 1.53 bits per heavy atom. The van der Waals surface area contributed by atoms with Crippen molar-refractivity contribution < 1.29 is 8.78 Å². The molecule has 0 bridgehead atoms. The monoisotopic (exact) mass is 450 g/mol. The molecular weight excluding hydrogens is 422 g/mol. The molecule has 0 spiro atoms. The first kappa shape index (κ1) is 21.3. The maximum Gasteiger partial charge on any atom is 0.130 e. The number of fused-ring (bicyclic) bond motifs is 5. The Balaban J connectivity index is 1.68. The average molecular weight is 451 g/mol. The van der Waals surface area contributed by atoms with Gasteiger partial charge in [-0.2, -0.15) is 0 Å². The summed E-state index contributed by atoms with van der Waals surface area (Å²) in [5.74, 6) is 0.107. The second-order valence-electron chi connectivity index (χ2n) is 9.98. The van der Waals surface area contributed by atoms with Crippen LogP contribution in [0.25, 0.3) is 11.1 Å². The fourth-order valence-corrected chi connectivity index (χ4v) is 6.61. The van der Waals surface area contributed by atoms with Crippen molar-refractivity contribution in [1.29, 1.82) is 0 Å². The summed E-state index contributed by atoms with van der Waals surface area (Å²) < 4.78 is 29.4. The van der Waals surface area contributed by atoms with E-state index < -0.39 is 11.6 Å². The third-order valence-electron chi connectivity index (χ3n) is 8.18. The zero-order chi connectivity index (χ0) is 23.4. The molecule has 0 radical (unpaired) electrons. The van der Waals surface area contributed by atoms with E-state index in [0.717, 1.165) is 40.7 Å². The highest BCUT2D eigenvalue weighted by molar-refractivity contribution is 5.77. The molecule has 6 rings (SSSR count). The third kappa shape index (κ3) is 3.01. The molecule has 0 aliphatic heterocycles. The number of aryl methyl sites for hydroxylation is 1. The fourth-order valence-electron chi connectivity index (χ4n) is 6.61. The van der Waals surface area contributed by atoms with Gasteiger partial charge in [-0.15, -0.1) is 0 Å². The lowest BCUT2D eigenvalue weighted by Crippen LogP contribution is -2.36. The van der Waals surface area contributed by atoms with Gasteiger partial charge in [-0.1, -0.05) is 79.7 Å². The Kier molecular flexibility index (Phi) is 4.95. The Hall–Kier alpha value is -3.26. The highest BCUT2D eigenvalue weighted by Gasteiger charge is 2.44. The van der Waals surface area contributed by atoms with E-state index in [4.69, 9.17) is 0 Å². The minimum atomic E-state index is -0.997. The first-order chi connectivity index (χ1) is 16.5. The molecule has 0 saturated carbocycles. The van der Waals surface area contributed by atoms with Gasteiger partial charge in [0, 0.05) is 11.8 Å². The number of benzene rings is 4. The first-order valence-corrected chi connectivity index (χ1v) is 12.2. The molecule has 0 saturated heterocycles. The van der Waals surface area contributed by atoms with Crippen LogP contribution in [0, 0.1) is 12.7 Å². The van der Waals surface area contributed by atoms with Gasteiger partial charge in [-0.3, -0.25) is 0 Å². The van der Waals surface area contributed by atoms with E-state index >= 15 is 4.39 Å². The molecule has 0 amide bonds. The zero-order valence-corrected chi connectivity index (χ0v) is 19.6. The molecule has 0 fully saturated rings. The summed E-state index contributed by atoms with van der Waals surface area (Å²) in [6.07, 6.45) is 1.34. The maximum atomic E-state index is 15.5. The highest BCUT2D eigenvalue weighted by Crippen LogP contribution is 2.55. The second-order valence-corrected chi connectivity index (χ2v) is 9.98. The summed E-state index contributed by atoms with van der Waals surface area (Å²) in [5.41, 5.74) is 9.84. The van der Waals surface area contributed by atoms with Crippen LogP contribution in [0.1, 0.15) is 70.8 Å². The molecule has 2 aliphatic rings. The van der Waals surface area contributed by atoms with Crippen molar-refractivity contribution in [3.8, 4) is 11.1 Å². The molecule has 170 valence electrons. The topological polar surface area (TPSA) is 0 Å². The molecule has 0 nitrogen and oxygen atoms in total. The first-order valence-electron chi connectivity index (χ1n) is 12.2. The van der Waals surface area contributed by atoms with Crippen molar-refractivity contribution in [3.05, 3.63) is 130 Å². The van der Waals surface area contributed by atoms with Gasteiger partial charge < -0.3 is 0 Å². The molecule has 0 N–H and O–H groups in total. The Labute approximate surface area is 200 Å². The van der Waals surface area contributed by atoms with E-state index in [-0.39, 0.29) is 5.82 Å². The van der Waals surface area contributed by atoms with E-state index in [1.54, 1.807) is 12.1 Å². The summed E-state index contributed by atoms with van der Waals surface area (Å²) in [6, 6.07) is 27.9. The third-order valence-corrected chi connectivity index (χ3v) is 8.18. The summed E-state index contributed by atoms with van der Waals surface area (Å²) in [5, 5.41) is 0. The van der Waals surface area contributed by atoms with Crippen molar-refractivity contribution in [2.45, 2.75) is 50.6 Å². The standard InChI is InChI=1S/C32H28F2/c1-20-7-3-6-10-28(20)32(22-11-13-23(33)14-12-22)18-17-21(2)31-27-19-30(34)26-9-5-4-8-24(26)25(27)15-16-29(31)32/h3-16,21,30H,17-19H2,1-2H3. The molecule has 4 aromatic carbocycles.